The lowest BCUT2D eigenvalue weighted by Crippen LogP contribution is -2.33. The molecular weight excluding hydrogens is 190 g/mol. The average Bonchev–Trinajstić information content (AvgIpc) is 2.23. The zero-order valence-corrected chi connectivity index (χ0v) is 9.20. The van der Waals surface area contributed by atoms with E-state index in [1.54, 1.807) is 6.07 Å². The second kappa shape index (κ2) is 3.74. The van der Waals surface area contributed by atoms with Gasteiger partial charge in [0.05, 0.1) is 0 Å². The van der Waals surface area contributed by atoms with Crippen molar-refractivity contribution in [2.24, 2.45) is 0 Å². The summed E-state index contributed by atoms with van der Waals surface area (Å²) in [5.74, 6) is 0.0711. The molecular formula is C12H17NO2. The largest absolute Gasteiger partial charge is 0.504 e. The van der Waals surface area contributed by atoms with E-state index in [9.17, 15) is 10.2 Å². The molecule has 3 heteroatoms. The van der Waals surface area contributed by atoms with Crippen molar-refractivity contribution in [2.75, 3.05) is 14.1 Å². The Morgan fingerprint density at radius 1 is 1.27 bits per heavy atom. The predicted molar refractivity (Wildman–Crippen MR) is 59.3 cm³/mol. The fraction of sp³-hybridized carbons (Fsp3) is 0.500. The Morgan fingerprint density at radius 2 is 2.00 bits per heavy atom. The van der Waals surface area contributed by atoms with Crippen LogP contribution in [0.3, 0.4) is 0 Å². The van der Waals surface area contributed by atoms with Gasteiger partial charge < -0.3 is 15.1 Å². The van der Waals surface area contributed by atoms with Gasteiger partial charge in [0.2, 0.25) is 0 Å². The van der Waals surface area contributed by atoms with Crippen LogP contribution in [-0.2, 0) is 12.8 Å². The molecule has 1 aromatic rings. The van der Waals surface area contributed by atoms with E-state index in [0.717, 1.165) is 30.4 Å². The summed E-state index contributed by atoms with van der Waals surface area (Å²) in [6.07, 6.45) is 2.84. The van der Waals surface area contributed by atoms with Gasteiger partial charge >= 0.3 is 0 Å². The molecule has 2 rings (SSSR count). The maximum absolute atomic E-state index is 9.70. The van der Waals surface area contributed by atoms with Crippen molar-refractivity contribution in [3.63, 3.8) is 0 Å². The summed E-state index contributed by atoms with van der Waals surface area (Å²) < 4.78 is 0. The molecule has 0 saturated heterocycles. The smallest absolute Gasteiger partial charge is 0.160 e. The summed E-state index contributed by atoms with van der Waals surface area (Å²) in [5, 5.41) is 19.1. The van der Waals surface area contributed by atoms with Crippen molar-refractivity contribution in [3.8, 4) is 11.5 Å². The molecule has 3 nitrogen and oxygen atoms in total. The molecule has 0 bridgehead atoms. The zero-order valence-electron chi connectivity index (χ0n) is 9.20. The summed E-state index contributed by atoms with van der Waals surface area (Å²) in [6.45, 7) is 0. The molecule has 82 valence electrons. The second-order valence-corrected chi connectivity index (χ2v) is 4.43. The first-order valence-electron chi connectivity index (χ1n) is 5.28. The van der Waals surface area contributed by atoms with Crippen LogP contribution in [0.1, 0.15) is 17.5 Å². The van der Waals surface area contributed by atoms with E-state index < -0.39 is 0 Å². The zero-order chi connectivity index (χ0) is 11.0. The van der Waals surface area contributed by atoms with Crippen molar-refractivity contribution >= 4 is 0 Å². The third-order valence-corrected chi connectivity index (χ3v) is 3.27. The Morgan fingerprint density at radius 3 is 2.67 bits per heavy atom. The predicted octanol–water partition coefficient (Wildman–Crippen LogP) is 1.52. The Kier molecular flexibility index (Phi) is 2.57. The molecule has 2 N–H and O–H groups in total. The number of hydrogen-bond acceptors (Lipinski definition) is 3. The summed E-state index contributed by atoms with van der Waals surface area (Å²) in [4.78, 5) is 2.22. The lowest BCUT2D eigenvalue weighted by Gasteiger charge is -2.30. The van der Waals surface area contributed by atoms with E-state index in [2.05, 4.69) is 19.0 Å². The van der Waals surface area contributed by atoms with Gasteiger partial charge in [-0.3, -0.25) is 0 Å². The molecule has 0 fully saturated rings. The number of phenolic OH excluding ortho intramolecular Hbond substituents is 2. The first-order chi connectivity index (χ1) is 7.09. The van der Waals surface area contributed by atoms with Crippen LogP contribution < -0.4 is 0 Å². The molecule has 0 radical (unpaired) electrons. The van der Waals surface area contributed by atoms with Gasteiger partial charge in [-0.05, 0) is 45.0 Å². The highest BCUT2D eigenvalue weighted by atomic mass is 16.3. The highest BCUT2D eigenvalue weighted by Gasteiger charge is 2.23. The van der Waals surface area contributed by atoms with Crippen LogP contribution in [0.25, 0.3) is 0 Å². The summed E-state index contributed by atoms with van der Waals surface area (Å²) in [6, 6.07) is 4.04. The van der Waals surface area contributed by atoms with Gasteiger partial charge in [-0.25, -0.2) is 0 Å². The molecule has 0 spiro atoms. The molecule has 1 aliphatic rings. The molecule has 15 heavy (non-hydrogen) atoms. The van der Waals surface area contributed by atoms with E-state index in [-0.39, 0.29) is 11.5 Å². The summed E-state index contributed by atoms with van der Waals surface area (Å²) in [7, 11) is 4.16. The standard InChI is InChI=1S/C12H17NO2/c1-13(2)9-4-5-10-8(7-9)3-6-11(14)12(10)15/h3,6,9,14-15H,4-5,7H2,1-2H3. The number of fused-ring (bicyclic) bond motifs is 1. The van der Waals surface area contributed by atoms with Gasteiger partial charge in [0.25, 0.3) is 0 Å². The third-order valence-electron chi connectivity index (χ3n) is 3.27. The molecule has 0 amide bonds. The molecule has 0 saturated carbocycles. The van der Waals surface area contributed by atoms with Crippen molar-refractivity contribution in [1.29, 1.82) is 0 Å². The lowest BCUT2D eigenvalue weighted by atomic mass is 9.87. The maximum Gasteiger partial charge on any atom is 0.160 e. The fourth-order valence-corrected chi connectivity index (χ4v) is 2.24. The van der Waals surface area contributed by atoms with Crippen LogP contribution in [0.5, 0.6) is 11.5 Å². The normalized spacial score (nSPS) is 20.3. The van der Waals surface area contributed by atoms with E-state index in [4.69, 9.17) is 0 Å². The lowest BCUT2D eigenvalue weighted by molar-refractivity contribution is 0.265. The first-order valence-corrected chi connectivity index (χ1v) is 5.28. The molecule has 1 aromatic carbocycles. The first kappa shape index (κ1) is 10.3. The second-order valence-electron chi connectivity index (χ2n) is 4.43. The Balaban J connectivity index is 2.32. The average molecular weight is 207 g/mol. The monoisotopic (exact) mass is 207 g/mol. The Labute approximate surface area is 90.0 Å². The van der Waals surface area contributed by atoms with Crippen LogP contribution in [-0.4, -0.2) is 35.3 Å². The van der Waals surface area contributed by atoms with Gasteiger partial charge in [0, 0.05) is 11.6 Å². The quantitative estimate of drug-likeness (QED) is 0.686. The third kappa shape index (κ3) is 1.79. The maximum atomic E-state index is 9.70. The van der Waals surface area contributed by atoms with E-state index >= 15 is 0 Å². The Hall–Kier alpha value is -1.22. The minimum atomic E-state index is -0.00273. The number of rotatable bonds is 1. The molecule has 1 atom stereocenters. The highest BCUT2D eigenvalue weighted by molar-refractivity contribution is 5.50. The summed E-state index contributed by atoms with van der Waals surface area (Å²) >= 11 is 0. The number of nitrogens with zero attached hydrogens (tertiary/aromatic N) is 1. The number of hydrogen-bond donors (Lipinski definition) is 2. The molecule has 1 aliphatic carbocycles. The van der Waals surface area contributed by atoms with Gasteiger partial charge in [0.1, 0.15) is 0 Å². The van der Waals surface area contributed by atoms with E-state index in [0.29, 0.717) is 6.04 Å². The molecule has 0 heterocycles. The SMILES string of the molecule is CN(C)C1CCc2c(ccc(O)c2O)C1. The fourth-order valence-electron chi connectivity index (χ4n) is 2.24. The van der Waals surface area contributed by atoms with Crippen molar-refractivity contribution < 1.29 is 10.2 Å². The van der Waals surface area contributed by atoms with E-state index in [1.807, 2.05) is 6.07 Å². The molecule has 0 aliphatic heterocycles. The van der Waals surface area contributed by atoms with Crippen LogP contribution in [0, 0.1) is 0 Å². The van der Waals surface area contributed by atoms with Crippen LogP contribution in [0.4, 0.5) is 0 Å². The van der Waals surface area contributed by atoms with Crippen molar-refractivity contribution in [1.82, 2.24) is 4.90 Å². The topological polar surface area (TPSA) is 43.7 Å². The number of aromatic hydroxyl groups is 2. The number of likely N-dealkylation sites (N-methyl/N-ethyl adjacent to an activating group) is 1. The van der Waals surface area contributed by atoms with Gasteiger partial charge in [-0.2, -0.15) is 0 Å². The minimum Gasteiger partial charge on any atom is -0.504 e. The van der Waals surface area contributed by atoms with Gasteiger partial charge in [0.15, 0.2) is 11.5 Å². The van der Waals surface area contributed by atoms with Crippen LogP contribution in [0.2, 0.25) is 0 Å². The summed E-state index contributed by atoms with van der Waals surface area (Å²) in [5.41, 5.74) is 2.09. The van der Waals surface area contributed by atoms with Crippen molar-refractivity contribution in [2.45, 2.75) is 25.3 Å². The molecule has 0 aromatic heterocycles. The van der Waals surface area contributed by atoms with Gasteiger partial charge in [-0.1, -0.05) is 6.07 Å². The van der Waals surface area contributed by atoms with Crippen molar-refractivity contribution in [3.05, 3.63) is 23.3 Å². The minimum absolute atomic E-state index is 0.00273. The number of phenols is 2. The Bertz CT molecular complexity index is 374. The number of benzene rings is 1. The van der Waals surface area contributed by atoms with E-state index in [1.165, 1.54) is 0 Å². The highest BCUT2D eigenvalue weighted by Crippen LogP contribution is 2.36. The van der Waals surface area contributed by atoms with Crippen LogP contribution >= 0.6 is 0 Å². The van der Waals surface area contributed by atoms with Gasteiger partial charge in [-0.15, -0.1) is 0 Å². The van der Waals surface area contributed by atoms with Crippen LogP contribution in [0.15, 0.2) is 12.1 Å². The molecule has 1 unspecified atom stereocenters.